The van der Waals surface area contributed by atoms with Gasteiger partial charge in [-0.3, -0.25) is 19.3 Å². The summed E-state index contributed by atoms with van der Waals surface area (Å²) < 4.78 is 30.1. The molecule has 176 valence electrons. The van der Waals surface area contributed by atoms with Crippen molar-refractivity contribution < 1.29 is 27.5 Å². The van der Waals surface area contributed by atoms with Crippen molar-refractivity contribution in [2.24, 2.45) is 5.14 Å². The molecule has 1 saturated heterocycles. The summed E-state index contributed by atoms with van der Waals surface area (Å²) in [5.74, 6) is -1.22. The molecule has 1 aromatic carbocycles. The number of carbonyl (C=O) groups excluding carboxylic acids is 3. The fraction of sp³-hybridized carbons (Fsp3) is 0.318. The number of nitrogens with zero attached hydrogens (tertiary/aromatic N) is 2. The minimum absolute atomic E-state index is 0.00703. The van der Waals surface area contributed by atoms with Gasteiger partial charge in [-0.1, -0.05) is 0 Å². The van der Waals surface area contributed by atoms with Crippen LogP contribution in [0.1, 0.15) is 37.7 Å². The lowest BCUT2D eigenvalue weighted by atomic mass is 10.2. The maximum absolute atomic E-state index is 12.8. The summed E-state index contributed by atoms with van der Waals surface area (Å²) in [6.45, 7) is 8.38. The Kier molecular flexibility index (Phi) is 6.60. The topological polar surface area (TPSA) is 129 Å². The van der Waals surface area contributed by atoms with Gasteiger partial charge in [-0.2, -0.15) is 0 Å². The van der Waals surface area contributed by atoms with Gasteiger partial charge >= 0.3 is 5.97 Å². The maximum Gasteiger partial charge on any atom is 0.326 e. The summed E-state index contributed by atoms with van der Waals surface area (Å²) >= 11 is 0.762. The number of nitrogens with two attached hydrogens (primary N) is 1. The Balaban J connectivity index is 1.87. The molecule has 2 N–H and O–H groups in total. The molecular formula is C22H25N3O6S2. The summed E-state index contributed by atoms with van der Waals surface area (Å²) in [6.07, 6.45) is 1.61. The van der Waals surface area contributed by atoms with E-state index in [1.807, 2.05) is 24.5 Å². The highest BCUT2D eigenvalue weighted by Crippen LogP contribution is 2.34. The van der Waals surface area contributed by atoms with Crippen molar-refractivity contribution in [3.63, 3.8) is 0 Å². The number of hydrogen-bond acceptors (Lipinski definition) is 7. The normalized spacial score (nSPS) is 16.1. The van der Waals surface area contributed by atoms with Crippen molar-refractivity contribution in [2.45, 2.75) is 45.1 Å². The molecule has 2 aromatic rings. The summed E-state index contributed by atoms with van der Waals surface area (Å²) in [4.78, 5) is 38.2. The quantitative estimate of drug-likeness (QED) is 0.502. The predicted octanol–water partition coefficient (Wildman–Crippen LogP) is 3.12. The monoisotopic (exact) mass is 491 g/mol. The van der Waals surface area contributed by atoms with Crippen LogP contribution in [-0.4, -0.2) is 47.1 Å². The third-order valence-electron chi connectivity index (χ3n) is 4.76. The fourth-order valence-corrected chi connectivity index (χ4v) is 4.74. The lowest BCUT2D eigenvalue weighted by Crippen LogP contribution is -2.37. The first kappa shape index (κ1) is 24.7. The maximum atomic E-state index is 12.8. The molecule has 9 nitrogen and oxygen atoms in total. The van der Waals surface area contributed by atoms with Crippen LogP contribution in [0.25, 0.3) is 11.8 Å². The summed E-state index contributed by atoms with van der Waals surface area (Å²) in [6, 6.07) is 7.97. The lowest BCUT2D eigenvalue weighted by molar-refractivity contribution is -0.156. The third-order valence-corrected chi connectivity index (χ3v) is 6.60. The van der Waals surface area contributed by atoms with Gasteiger partial charge in [-0.05, 0) is 88.4 Å². The zero-order valence-corrected chi connectivity index (χ0v) is 20.5. The number of primary sulfonamides is 1. The second-order valence-electron chi connectivity index (χ2n) is 8.56. The van der Waals surface area contributed by atoms with Gasteiger partial charge < -0.3 is 9.30 Å². The van der Waals surface area contributed by atoms with Crippen LogP contribution in [0.5, 0.6) is 0 Å². The van der Waals surface area contributed by atoms with Crippen molar-refractivity contribution in [3.05, 3.63) is 52.2 Å². The van der Waals surface area contributed by atoms with Gasteiger partial charge in [0.1, 0.15) is 12.1 Å². The Bertz CT molecular complexity index is 1270. The zero-order valence-electron chi connectivity index (χ0n) is 18.9. The number of benzene rings is 1. The number of esters is 1. The number of aromatic nitrogens is 1. The number of amides is 2. The minimum atomic E-state index is -3.80. The van der Waals surface area contributed by atoms with Gasteiger partial charge in [-0.25, -0.2) is 13.6 Å². The molecule has 0 aliphatic carbocycles. The molecule has 0 saturated carbocycles. The summed E-state index contributed by atoms with van der Waals surface area (Å²) in [7, 11) is -3.80. The standard InChI is InChI=1S/C22H25N3O6S2/c1-13-10-15(14(2)25(13)16-6-8-17(9-7-16)33(23,29)30)11-18-20(27)24(21(28)32-18)12-19(26)31-22(3,4)5/h6-11H,12H2,1-5H3,(H2,23,29,30). The number of rotatable bonds is 5. The third kappa shape index (κ3) is 5.55. The molecule has 0 atom stereocenters. The van der Waals surface area contributed by atoms with Crippen LogP contribution < -0.4 is 5.14 Å². The van der Waals surface area contributed by atoms with Crippen LogP contribution in [-0.2, 0) is 24.3 Å². The largest absolute Gasteiger partial charge is 0.459 e. The highest BCUT2D eigenvalue weighted by Gasteiger charge is 2.37. The van der Waals surface area contributed by atoms with Crippen molar-refractivity contribution in [1.29, 1.82) is 0 Å². The molecule has 3 rings (SSSR count). The number of carbonyl (C=O) groups is 3. The van der Waals surface area contributed by atoms with Crippen LogP contribution in [0, 0.1) is 13.8 Å². The van der Waals surface area contributed by atoms with E-state index in [2.05, 4.69) is 0 Å². The van der Waals surface area contributed by atoms with Crippen LogP contribution in [0.3, 0.4) is 0 Å². The molecule has 2 amide bonds. The molecule has 1 aliphatic rings. The number of thioether (sulfide) groups is 1. The Morgan fingerprint density at radius 3 is 2.30 bits per heavy atom. The van der Waals surface area contributed by atoms with E-state index >= 15 is 0 Å². The lowest BCUT2D eigenvalue weighted by Gasteiger charge is -2.21. The van der Waals surface area contributed by atoms with Crippen LogP contribution in [0.15, 0.2) is 40.1 Å². The van der Waals surface area contributed by atoms with Crippen LogP contribution >= 0.6 is 11.8 Å². The molecule has 0 radical (unpaired) electrons. The van der Waals surface area contributed by atoms with Crippen LogP contribution in [0.4, 0.5) is 4.79 Å². The zero-order chi connectivity index (χ0) is 24.7. The van der Waals surface area contributed by atoms with E-state index in [9.17, 15) is 22.8 Å². The van der Waals surface area contributed by atoms with E-state index in [-0.39, 0.29) is 9.80 Å². The number of sulfonamides is 1. The molecule has 11 heteroatoms. The number of aryl methyl sites for hydroxylation is 1. The fourth-order valence-electron chi connectivity index (χ4n) is 3.40. The number of ether oxygens (including phenoxy) is 1. The Morgan fingerprint density at radius 2 is 1.76 bits per heavy atom. The highest BCUT2D eigenvalue weighted by molar-refractivity contribution is 8.18. The van der Waals surface area contributed by atoms with E-state index in [4.69, 9.17) is 9.88 Å². The van der Waals surface area contributed by atoms with Gasteiger partial charge in [-0.15, -0.1) is 0 Å². The predicted molar refractivity (Wildman–Crippen MR) is 125 cm³/mol. The SMILES string of the molecule is Cc1cc(C=C2SC(=O)N(CC(=O)OC(C)(C)C)C2=O)c(C)n1-c1ccc(S(N)(=O)=O)cc1. The molecule has 0 unspecified atom stereocenters. The van der Waals surface area contributed by atoms with Crippen molar-refractivity contribution in [2.75, 3.05) is 6.54 Å². The van der Waals surface area contributed by atoms with E-state index in [0.29, 0.717) is 5.56 Å². The molecule has 1 aromatic heterocycles. The van der Waals surface area contributed by atoms with Crippen molar-refractivity contribution in [3.8, 4) is 5.69 Å². The average molecular weight is 492 g/mol. The summed E-state index contributed by atoms with van der Waals surface area (Å²) in [5.41, 5.74) is 2.34. The Morgan fingerprint density at radius 1 is 1.15 bits per heavy atom. The minimum Gasteiger partial charge on any atom is -0.459 e. The first-order valence-electron chi connectivity index (χ1n) is 9.97. The highest BCUT2D eigenvalue weighted by atomic mass is 32.2. The van der Waals surface area contributed by atoms with Gasteiger partial charge in [0.2, 0.25) is 10.0 Å². The molecule has 1 aliphatic heterocycles. The Hall–Kier alpha value is -2.89. The first-order chi connectivity index (χ1) is 15.2. The number of imide groups is 1. The molecule has 2 heterocycles. The first-order valence-corrected chi connectivity index (χ1v) is 12.3. The van der Waals surface area contributed by atoms with Gasteiger partial charge in [0.15, 0.2) is 0 Å². The molecule has 1 fully saturated rings. The van der Waals surface area contributed by atoms with Gasteiger partial charge in [0.05, 0.1) is 9.80 Å². The van der Waals surface area contributed by atoms with Crippen molar-refractivity contribution >= 4 is 45.0 Å². The second kappa shape index (κ2) is 8.81. The van der Waals surface area contributed by atoms with E-state index in [1.165, 1.54) is 12.1 Å². The second-order valence-corrected chi connectivity index (χ2v) is 11.1. The average Bonchev–Trinajstić information content (AvgIpc) is 3.09. The van der Waals surface area contributed by atoms with Crippen molar-refractivity contribution in [1.82, 2.24) is 9.47 Å². The van der Waals surface area contributed by atoms with Gasteiger partial charge in [0, 0.05) is 17.1 Å². The molecular weight excluding hydrogens is 466 g/mol. The molecule has 33 heavy (non-hydrogen) atoms. The Labute approximate surface area is 196 Å². The summed E-state index contributed by atoms with van der Waals surface area (Å²) in [5, 5.41) is 4.62. The smallest absolute Gasteiger partial charge is 0.326 e. The van der Waals surface area contributed by atoms with Gasteiger partial charge in [0.25, 0.3) is 11.1 Å². The van der Waals surface area contributed by atoms with E-state index in [1.54, 1.807) is 39.0 Å². The number of hydrogen-bond donors (Lipinski definition) is 1. The molecule has 0 bridgehead atoms. The van der Waals surface area contributed by atoms with E-state index < -0.39 is 39.3 Å². The van der Waals surface area contributed by atoms with E-state index in [0.717, 1.165) is 33.7 Å². The molecule has 0 spiro atoms. The van der Waals surface area contributed by atoms with Crippen LogP contribution in [0.2, 0.25) is 0 Å².